The van der Waals surface area contributed by atoms with Crippen molar-refractivity contribution in [3.63, 3.8) is 0 Å². The summed E-state index contributed by atoms with van der Waals surface area (Å²) in [6.45, 7) is 2.11. The molecule has 0 heterocycles. The maximum absolute atomic E-state index is 11.4. The Balaban J connectivity index is 2.21. The standard InChI is InChI=1S/C10H14O/c1-7-5-6-8-3-2-4-9(11)10(7)8/h5,8,10H,2-4,6H2,1H3. The van der Waals surface area contributed by atoms with E-state index in [4.69, 9.17) is 0 Å². The number of ketones is 1. The van der Waals surface area contributed by atoms with E-state index in [-0.39, 0.29) is 0 Å². The van der Waals surface area contributed by atoms with Crippen molar-refractivity contribution in [2.75, 3.05) is 0 Å². The van der Waals surface area contributed by atoms with Gasteiger partial charge in [0, 0.05) is 12.3 Å². The fraction of sp³-hybridized carbons (Fsp3) is 0.700. The summed E-state index contributed by atoms with van der Waals surface area (Å²) in [4.78, 5) is 11.4. The molecule has 0 aromatic rings. The van der Waals surface area contributed by atoms with E-state index in [0.29, 0.717) is 17.6 Å². The summed E-state index contributed by atoms with van der Waals surface area (Å²) in [5, 5.41) is 0. The lowest BCUT2D eigenvalue weighted by molar-refractivity contribution is -0.124. The predicted molar refractivity (Wildman–Crippen MR) is 44.2 cm³/mol. The van der Waals surface area contributed by atoms with E-state index in [1.807, 2.05) is 0 Å². The van der Waals surface area contributed by atoms with Gasteiger partial charge in [-0.3, -0.25) is 4.79 Å². The molecule has 2 rings (SSSR count). The molecule has 11 heavy (non-hydrogen) atoms. The Morgan fingerprint density at radius 2 is 2.36 bits per heavy atom. The van der Waals surface area contributed by atoms with E-state index < -0.39 is 0 Å². The Bertz CT molecular complexity index is 215. The van der Waals surface area contributed by atoms with E-state index in [1.165, 1.54) is 12.0 Å². The van der Waals surface area contributed by atoms with E-state index in [9.17, 15) is 4.79 Å². The van der Waals surface area contributed by atoms with E-state index in [0.717, 1.165) is 19.3 Å². The van der Waals surface area contributed by atoms with Gasteiger partial charge in [0.1, 0.15) is 5.78 Å². The average Bonchev–Trinajstić information content (AvgIpc) is 2.34. The smallest absolute Gasteiger partial charge is 0.140 e. The minimum atomic E-state index is 0.323. The van der Waals surface area contributed by atoms with Crippen LogP contribution < -0.4 is 0 Å². The zero-order valence-corrected chi connectivity index (χ0v) is 6.97. The molecule has 0 spiro atoms. The number of fused-ring (bicyclic) bond motifs is 1. The number of carbonyl (C=O) groups is 1. The average molecular weight is 150 g/mol. The van der Waals surface area contributed by atoms with Crippen molar-refractivity contribution in [3.05, 3.63) is 11.6 Å². The monoisotopic (exact) mass is 150 g/mol. The minimum Gasteiger partial charge on any atom is -0.299 e. The van der Waals surface area contributed by atoms with E-state index in [1.54, 1.807) is 0 Å². The molecule has 0 saturated heterocycles. The molecule has 1 saturated carbocycles. The fourth-order valence-electron chi connectivity index (χ4n) is 2.47. The Kier molecular flexibility index (Phi) is 1.59. The highest BCUT2D eigenvalue weighted by atomic mass is 16.1. The summed E-state index contributed by atoms with van der Waals surface area (Å²) in [7, 11) is 0. The van der Waals surface area contributed by atoms with Gasteiger partial charge in [-0.05, 0) is 32.1 Å². The van der Waals surface area contributed by atoms with Crippen LogP contribution in [0.1, 0.15) is 32.6 Å². The summed E-state index contributed by atoms with van der Waals surface area (Å²) >= 11 is 0. The van der Waals surface area contributed by atoms with Crippen molar-refractivity contribution in [1.29, 1.82) is 0 Å². The number of allylic oxidation sites excluding steroid dienone is 2. The van der Waals surface area contributed by atoms with Crippen LogP contribution in [0.2, 0.25) is 0 Å². The lowest BCUT2D eigenvalue weighted by Crippen LogP contribution is -2.25. The van der Waals surface area contributed by atoms with Crippen molar-refractivity contribution < 1.29 is 4.79 Å². The van der Waals surface area contributed by atoms with Gasteiger partial charge in [-0.1, -0.05) is 11.6 Å². The second-order valence-electron chi connectivity index (χ2n) is 3.78. The fourth-order valence-corrected chi connectivity index (χ4v) is 2.47. The van der Waals surface area contributed by atoms with Gasteiger partial charge in [0.05, 0.1) is 0 Å². The molecule has 0 radical (unpaired) electrons. The molecule has 1 nitrogen and oxygen atoms in total. The van der Waals surface area contributed by atoms with Gasteiger partial charge >= 0.3 is 0 Å². The van der Waals surface area contributed by atoms with Crippen molar-refractivity contribution in [2.45, 2.75) is 32.6 Å². The second kappa shape index (κ2) is 2.47. The number of hydrogen-bond acceptors (Lipinski definition) is 1. The SMILES string of the molecule is CC1=CCC2CCCC(=O)C12. The molecule has 0 aromatic carbocycles. The molecule has 0 aliphatic heterocycles. The van der Waals surface area contributed by atoms with Gasteiger partial charge in [-0.15, -0.1) is 0 Å². The van der Waals surface area contributed by atoms with Crippen LogP contribution in [0.3, 0.4) is 0 Å². The van der Waals surface area contributed by atoms with Gasteiger partial charge in [-0.25, -0.2) is 0 Å². The van der Waals surface area contributed by atoms with Crippen molar-refractivity contribution in [2.24, 2.45) is 11.8 Å². The predicted octanol–water partition coefficient (Wildman–Crippen LogP) is 2.32. The second-order valence-corrected chi connectivity index (χ2v) is 3.78. The highest BCUT2D eigenvalue weighted by Gasteiger charge is 2.35. The normalized spacial score (nSPS) is 36.8. The van der Waals surface area contributed by atoms with Crippen molar-refractivity contribution in [3.8, 4) is 0 Å². The molecule has 2 aliphatic rings. The van der Waals surface area contributed by atoms with Gasteiger partial charge in [-0.2, -0.15) is 0 Å². The lowest BCUT2D eigenvalue weighted by atomic mass is 9.78. The van der Waals surface area contributed by atoms with Crippen LogP contribution in [0.15, 0.2) is 11.6 Å². The highest BCUT2D eigenvalue weighted by molar-refractivity contribution is 5.85. The Morgan fingerprint density at radius 1 is 1.55 bits per heavy atom. The van der Waals surface area contributed by atoms with Crippen LogP contribution in [-0.2, 0) is 4.79 Å². The molecule has 0 aromatic heterocycles. The molecule has 1 fully saturated rings. The molecule has 60 valence electrons. The van der Waals surface area contributed by atoms with Gasteiger partial charge in [0.15, 0.2) is 0 Å². The minimum absolute atomic E-state index is 0.323. The van der Waals surface area contributed by atoms with Crippen LogP contribution in [-0.4, -0.2) is 5.78 Å². The quantitative estimate of drug-likeness (QED) is 0.484. The first-order valence-electron chi connectivity index (χ1n) is 4.48. The van der Waals surface area contributed by atoms with E-state index >= 15 is 0 Å². The third kappa shape index (κ3) is 1.03. The van der Waals surface area contributed by atoms with E-state index in [2.05, 4.69) is 13.0 Å². The van der Waals surface area contributed by atoms with Crippen molar-refractivity contribution in [1.82, 2.24) is 0 Å². The molecule has 2 unspecified atom stereocenters. The molecule has 2 aliphatic carbocycles. The van der Waals surface area contributed by atoms with Crippen LogP contribution in [0.5, 0.6) is 0 Å². The summed E-state index contributed by atoms with van der Waals surface area (Å²) in [5.74, 6) is 1.49. The van der Waals surface area contributed by atoms with Gasteiger partial charge in [0.2, 0.25) is 0 Å². The third-order valence-electron chi connectivity index (χ3n) is 3.05. The summed E-state index contributed by atoms with van der Waals surface area (Å²) in [6.07, 6.45) is 6.62. The lowest BCUT2D eigenvalue weighted by Gasteiger charge is -2.25. The number of Topliss-reactive ketones (excluding diaryl/α,β-unsaturated/α-hetero) is 1. The maximum atomic E-state index is 11.4. The Morgan fingerprint density at radius 3 is 3.09 bits per heavy atom. The van der Waals surface area contributed by atoms with Crippen molar-refractivity contribution >= 4 is 5.78 Å². The van der Waals surface area contributed by atoms with Crippen LogP contribution in [0, 0.1) is 11.8 Å². The van der Waals surface area contributed by atoms with Crippen LogP contribution in [0.4, 0.5) is 0 Å². The van der Waals surface area contributed by atoms with Crippen LogP contribution >= 0.6 is 0 Å². The topological polar surface area (TPSA) is 17.1 Å². The first kappa shape index (κ1) is 7.08. The molecular formula is C10H14O. The molecule has 2 atom stereocenters. The first-order chi connectivity index (χ1) is 5.29. The molecule has 0 N–H and O–H groups in total. The maximum Gasteiger partial charge on any atom is 0.140 e. The van der Waals surface area contributed by atoms with Crippen LogP contribution in [0.25, 0.3) is 0 Å². The van der Waals surface area contributed by atoms with Gasteiger partial charge in [0.25, 0.3) is 0 Å². The summed E-state index contributed by atoms with van der Waals surface area (Å²) in [5.41, 5.74) is 1.33. The number of rotatable bonds is 0. The summed E-state index contributed by atoms with van der Waals surface area (Å²) in [6, 6.07) is 0. The zero-order valence-electron chi connectivity index (χ0n) is 6.97. The largest absolute Gasteiger partial charge is 0.299 e. The Labute approximate surface area is 67.5 Å². The molecular weight excluding hydrogens is 136 g/mol. The van der Waals surface area contributed by atoms with Gasteiger partial charge < -0.3 is 0 Å². The number of hydrogen-bond donors (Lipinski definition) is 0. The number of carbonyl (C=O) groups excluding carboxylic acids is 1. The summed E-state index contributed by atoms with van der Waals surface area (Å²) < 4.78 is 0. The molecule has 0 amide bonds. The third-order valence-corrected chi connectivity index (χ3v) is 3.05. The Hall–Kier alpha value is -0.590. The first-order valence-corrected chi connectivity index (χ1v) is 4.48. The molecule has 0 bridgehead atoms. The zero-order chi connectivity index (χ0) is 7.84. The molecule has 1 heteroatoms. The highest BCUT2D eigenvalue weighted by Crippen LogP contribution is 2.39.